The number of nitrogens with zero attached hydrogens (tertiary/aromatic N) is 3. The molecule has 0 atom stereocenters. The summed E-state index contributed by atoms with van der Waals surface area (Å²) in [7, 11) is 4.05. The molecule has 0 saturated heterocycles. The van der Waals surface area contributed by atoms with Crippen LogP contribution in [0.25, 0.3) is 0 Å². The molecule has 1 aromatic heterocycles. The van der Waals surface area contributed by atoms with Crippen LogP contribution >= 0.6 is 12.6 Å². The Morgan fingerprint density at radius 2 is 1.94 bits per heavy atom. The summed E-state index contributed by atoms with van der Waals surface area (Å²) in [6.45, 7) is 0. The molecule has 0 aliphatic heterocycles. The Morgan fingerprint density at radius 3 is 2.44 bits per heavy atom. The van der Waals surface area contributed by atoms with Crippen LogP contribution in [0.4, 0.5) is 5.69 Å². The molecule has 0 amide bonds. The monoisotopic (exact) mass is 234 g/mol. The quantitative estimate of drug-likeness (QED) is 0.795. The lowest BCUT2D eigenvalue weighted by Crippen LogP contribution is -2.08. The fourth-order valence-electron chi connectivity index (χ4n) is 1.46. The minimum Gasteiger partial charge on any atom is -0.378 e. The van der Waals surface area contributed by atoms with E-state index in [1.807, 2.05) is 14.1 Å². The van der Waals surface area contributed by atoms with E-state index >= 15 is 0 Å². The third kappa shape index (κ3) is 2.55. The fourth-order valence-corrected chi connectivity index (χ4v) is 1.63. The lowest BCUT2D eigenvalue weighted by atomic mass is 10.1. The number of hydrogen-bond acceptors (Lipinski definition) is 4. The van der Waals surface area contributed by atoms with Gasteiger partial charge in [0.2, 0.25) is 0 Å². The van der Waals surface area contributed by atoms with Crippen LogP contribution in [0.2, 0.25) is 0 Å². The first-order valence-electron chi connectivity index (χ1n) is 5.01. The Balaban J connectivity index is 2.11. The van der Waals surface area contributed by atoms with Gasteiger partial charge in [-0.1, -0.05) is 12.1 Å². The average molecular weight is 234 g/mol. The number of H-pyrrole nitrogens is 1. The molecule has 4 nitrogen and oxygen atoms in total. The van der Waals surface area contributed by atoms with E-state index < -0.39 is 0 Å². The molecule has 0 radical (unpaired) electrons. The first kappa shape index (κ1) is 11.0. The lowest BCUT2D eigenvalue weighted by Gasteiger charge is -2.12. The van der Waals surface area contributed by atoms with E-state index in [4.69, 9.17) is 0 Å². The molecule has 2 rings (SSSR count). The fraction of sp³-hybridized carbons (Fsp3) is 0.273. The van der Waals surface area contributed by atoms with Gasteiger partial charge < -0.3 is 4.90 Å². The number of nitrogens with one attached hydrogen (secondary N) is 1. The molecule has 84 valence electrons. The van der Waals surface area contributed by atoms with Crippen molar-refractivity contribution in [3.8, 4) is 0 Å². The van der Waals surface area contributed by atoms with Crippen molar-refractivity contribution < 1.29 is 0 Å². The Bertz CT molecular complexity index is 461. The molecule has 0 bridgehead atoms. The molecule has 0 saturated carbocycles. The zero-order valence-corrected chi connectivity index (χ0v) is 10.2. The third-order valence-corrected chi connectivity index (χ3v) is 2.53. The van der Waals surface area contributed by atoms with Gasteiger partial charge in [0.15, 0.2) is 11.0 Å². The first-order valence-corrected chi connectivity index (χ1v) is 5.46. The van der Waals surface area contributed by atoms with E-state index in [1.165, 1.54) is 11.3 Å². The van der Waals surface area contributed by atoms with Crippen molar-refractivity contribution in [1.29, 1.82) is 0 Å². The summed E-state index contributed by atoms with van der Waals surface area (Å²) in [6.07, 6.45) is 0.727. The van der Waals surface area contributed by atoms with Gasteiger partial charge in [0.25, 0.3) is 0 Å². The molecular formula is C11H14N4S. The van der Waals surface area contributed by atoms with Crippen LogP contribution in [0.5, 0.6) is 0 Å². The Hall–Kier alpha value is -1.49. The van der Waals surface area contributed by atoms with Gasteiger partial charge in [-0.25, -0.2) is 4.98 Å². The SMILES string of the molecule is CN(C)c1ccc(Cc2n[nH]c(S)n2)cc1. The summed E-state index contributed by atoms with van der Waals surface area (Å²) in [5, 5.41) is 7.31. The minimum absolute atomic E-state index is 0.555. The Labute approximate surface area is 100 Å². The number of hydrogen-bond donors (Lipinski definition) is 2. The molecule has 0 spiro atoms. The second kappa shape index (κ2) is 4.57. The average Bonchev–Trinajstić information content (AvgIpc) is 2.65. The van der Waals surface area contributed by atoms with Crippen LogP contribution in [-0.2, 0) is 6.42 Å². The van der Waals surface area contributed by atoms with Crippen LogP contribution in [0.15, 0.2) is 29.4 Å². The molecule has 5 heteroatoms. The van der Waals surface area contributed by atoms with Crippen molar-refractivity contribution in [3.05, 3.63) is 35.7 Å². The molecule has 2 aromatic rings. The third-order valence-electron chi connectivity index (χ3n) is 2.33. The van der Waals surface area contributed by atoms with E-state index in [9.17, 15) is 0 Å². The van der Waals surface area contributed by atoms with Crippen molar-refractivity contribution >= 4 is 18.3 Å². The van der Waals surface area contributed by atoms with Crippen molar-refractivity contribution in [2.75, 3.05) is 19.0 Å². The van der Waals surface area contributed by atoms with E-state index in [2.05, 4.69) is 57.0 Å². The predicted molar refractivity (Wildman–Crippen MR) is 67.2 cm³/mol. The Kier molecular flexibility index (Phi) is 3.14. The van der Waals surface area contributed by atoms with Gasteiger partial charge in [-0.05, 0) is 17.7 Å². The number of thiol groups is 1. The molecule has 0 aliphatic rings. The molecule has 0 unspecified atom stereocenters. The smallest absolute Gasteiger partial charge is 0.180 e. The topological polar surface area (TPSA) is 44.8 Å². The first-order chi connectivity index (χ1) is 7.65. The second-order valence-electron chi connectivity index (χ2n) is 3.81. The summed E-state index contributed by atoms with van der Waals surface area (Å²) in [5.74, 6) is 0.766. The number of anilines is 1. The van der Waals surface area contributed by atoms with Gasteiger partial charge in [0, 0.05) is 26.2 Å². The standard InChI is InChI=1S/C11H14N4S/c1-15(2)9-5-3-8(4-6-9)7-10-12-11(16)14-13-10/h3-6H,7H2,1-2H3,(H2,12,13,14,16). The lowest BCUT2D eigenvalue weighted by molar-refractivity contribution is 0.958. The van der Waals surface area contributed by atoms with Crippen molar-refractivity contribution in [2.45, 2.75) is 11.6 Å². The van der Waals surface area contributed by atoms with Crippen molar-refractivity contribution in [2.24, 2.45) is 0 Å². The van der Waals surface area contributed by atoms with Gasteiger partial charge >= 0.3 is 0 Å². The maximum Gasteiger partial charge on any atom is 0.180 e. The maximum absolute atomic E-state index is 4.15. The Morgan fingerprint density at radius 1 is 1.25 bits per heavy atom. The highest BCUT2D eigenvalue weighted by Gasteiger charge is 2.02. The van der Waals surface area contributed by atoms with Crippen LogP contribution in [-0.4, -0.2) is 29.3 Å². The largest absolute Gasteiger partial charge is 0.378 e. The van der Waals surface area contributed by atoms with Crippen LogP contribution in [0.1, 0.15) is 11.4 Å². The molecule has 1 heterocycles. The molecule has 0 fully saturated rings. The van der Waals surface area contributed by atoms with E-state index in [0.29, 0.717) is 5.16 Å². The highest BCUT2D eigenvalue weighted by atomic mass is 32.1. The molecular weight excluding hydrogens is 220 g/mol. The summed E-state index contributed by atoms with van der Waals surface area (Å²) < 4.78 is 0. The van der Waals surface area contributed by atoms with E-state index in [1.54, 1.807) is 0 Å². The van der Waals surface area contributed by atoms with Crippen molar-refractivity contribution in [3.63, 3.8) is 0 Å². The number of aromatic nitrogens is 3. The van der Waals surface area contributed by atoms with E-state index in [0.717, 1.165) is 12.2 Å². The number of benzene rings is 1. The van der Waals surface area contributed by atoms with Gasteiger partial charge in [-0.2, -0.15) is 5.10 Å². The summed E-state index contributed by atoms with van der Waals surface area (Å²) in [4.78, 5) is 6.22. The zero-order chi connectivity index (χ0) is 11.5. The maximum atomic E-state index is 4.15. The van der Waals surface area contributed by atoms with Gasteiger partial charge in [0.05, 0.1) is 0 Å². The molecule has 1 aromatic carbocycles. The highest BCUT2D eigenvalue weighted by molar-refractivity contribution is 7.80. The van der Waals surface area contributed by atoms with Gasteiger partial charge in [-0.15, -0.1) is 12.6 Å². The molecule has 16 heavy (non-hydrogen) atoms. The second-order valence-corrected chi connectivity index (χ2v) is 4.24. The van der Waals surface area contributed by atoms with E-state index in [-0.39, 0.29) is 0 Å². The van der Waals surface area contributed by atoms with Gasteiger partial charge in [-0.3, -0.25) is 5.10 Å². The van der Waals surface area contributed by atoms with Crippen LogP contribution in [0, 0.1) is 0 Å². The zero-order valence-electron chi connectivity index (χ0n) is 9.31. The van der Waals surface area contributed by atoms with Crippen LogP contribution < -0.4 is 4.90 Å². The summed E-state index contributed by atoms with van der Waals surface area (Å²) in [6, 6.07) is 8.35. The molecule has 0 aliphatic carbocycles. The van der Waals surface area contributed by atoms with Gasteiger partial charge in [0.1, 0.15) is 0 Å². The molecule has 1 N–H and O–H groups in total. The predicted octanol–water partition coefficient (Wildman–Crippen LogP) is 1.75. The minimum atomic E-state index is 0.555. The van der Waals surface area contributed by atoms with Crippen molar-refractivity contribution in [1.82, 2.24) is 15.2 Å². The number of rotatable bonds is 3. The normalized spacial score (nSPS) is 10.4. The summed E-state index contributed by atoms with van der Waals surface area (Å²) in [5.41, 5.74) is 2.38. The summed E-state index contributed by atoms with van der Waals surface area (Å²) >= 11 is 4.08. The number of aromatic amines is 1. The highest BCUT2D eigenvalue weighted by Crippen LogP contribution is 2.14. The van der Waals surface area contributed by atoms with Crippen LogP contribution in [0.3, 0.4) is 0 Å².